The van der Waals surface area contributed by atoms with Crippen LogP contribution in [-0.2, 0) is 13.0 Å². The van der Waals surface area contributed by atoms with Crippen LogP contribution in [0.4, 0.5) is 0 Å². The average Bonchev–Trinajstić information content (AvgIpc) is 3.18. The van der Waals surface area contributed by atoms with Crippen LogP contribution >= 0.6 is 12.4 Å². The Bertz CT molecular complexity index is 1190. The summed E-state index contributed by atoms with van der Waals surface area (Å²) in [7, 11) is 4.95. The molecule has 0 amide bonds. The minimum atomic E-state index is 0. The van der Waals surface area contributed by atoms with Crippen molar-refractivity contribution in [1.29, 1.82) is 0 Å². The number of aryl methyl sites for hydroxylation is 1. The van der Waals surface area contributed by atoms with Gasteiger partial charge in [-0.1, -0.05) is 24.3 Å². The fourth-order valence-corrected chi connectivity index (χ4v) is 3.79. The molecule has 0 aliphatic carbocycles. The van der Waals surface area contributed by atoms with E-state index in [1.165, 1.54) is 0 Å². The maximum atomic E-state index is 5.93. The summed E-state index contributed by atoms with van der Waals surface area (Å²) in [6.45, 7) is 1.42. The van der Waals surface area contributed by atoms with E-state index >= 15 is 0 Å². The topological polar surface area (TPSA) is 54.7 Å². The van der Waals surface area contributed by atoms with E-state index in [9.17, 15) is 0 Å². The van der Waals surface area contributed by atoms with Gasteiger partial charge in [-0.3, -0.25) is 0 Å². The third-order valence-corrected chi connectivity index (χ3v) is 5.38. The number of ether oxygens (including phenoxy) is 4. The molecule has 7 heteroatoms. The first kappa shape index (κ1) is 24.3. The number of para-hydroxylation sites is 2. The van der Waals surface area contributed by atoms with Crippen LogP contribution in [-0.4, -0.2) is 37.5 Å². The molecule has 0 spiro atoms. The normalized spacial score (nSPS) is 10.5. The lowest BCUT2D eigenvalue weighted by Crippen LogP contribution is -2.08. The number of fused-ring (bicyclic) bond motifs is 1. The first-order valence-electron chi connectivity index (χ1n) is 10.6. The highest BCUT2D eigenvalue weighted by atomic mass is 35.5. The highest BCUT2D eigenvalue weighted by Gasteiger charge is 2.13. The van der Waals surface area contributed by atoms with Gasteiger partial charge in [0.25, 0.3) is 0 Å². The average molecular weight is 469 g/mol. The predicted molar refractivity (Wildman–Crippen MR) is 132 cm³/mol. The number of aromatic nitrogens is 2. The van der Waals surface area contributed by atoms with Crippen LogP contribution in [0.2, 0.25) is 0 Å². The molecule has 4 rings (SSSR count). The van der Waals surface area contributed by atoms with Gasteiger partial charge >= 0.3 is 0 Å². The molecule has 0 fully saturated rings. The van der Waals surface area contributed by atoms with Crippen LogP contribution in [0.5, 0.6) is 23.0 Å². The lowest BCUT2D eigenvalue weighted by Gasteiger charge is -2.12. The van der Waals surface area contributed by atoms with Gasteiger partial charge in [0.15, 0.2) is 11.5 Å². The number of hydrogen-bond acceptors (Lipinski definition) is 5. The van der Waals surface area contributed by atoms with Gasteiger partial charge < -0.3 is 23.5 Å². The predicted octanol–water partition coefficient (Wildman–Crippen LogP) is 5.54. The first-order chi connectivity index (χ1) is 15.7. The molecule has 174 valence electrons. The molecular formula is C26H29ClN2O4. The summed E-state index contributed by atoms with van der Waals surface area (Å²) in [5, 5.41) is 0. The standard InChI is InChI=1S/C26H28N2O4.ClH/c1-29-20-8-6-9-21(18-20)32-15-7-14-28-23-11-5-4-10-22(23)27-26(28)17-19-12-13-24(30-2)25(16-19)31-3;/h4-6,8-13,16,18H,7,14-15,17H2,1-3H3;1H. The summed E-state index contributed by atoms with van der Waals surface area (Å²) in [5.74, 6) is 4.06. The number of halogens is 1. The number of methoxy groups -OCH3 is 3. The second-order valence-electron chi connectivity index (χ2n) is 7.42. The maximum absolute atomic E-state index is 5.93. The van der Waals surface area contributed by atoms with Crippen LogP contribution in [0.15, 0.2) is 66.7 Å². The Hall–Kier alpha value is -3.38. The van der Waals surface area contributed by atoms with Crippen molar-refractivity contribution in [3.05, 3.63) is 78.1 Å². The maximum Gasteiger partial charge on any atom is 0.161 e. The Morgan fingerprint density at radius 1 is 0.788 bits per heavy atom. The largest absolute Gasteiger partial charge is 0.497 e. The van der Waals surface area contributed by atoms with E-state index < -0.39 is 0 Å². The number of imidazole rings is 1. The van der Waals surface area contributed by atoms with Crippen molar-refractivity contribution in [2.24, 2.45) is 0 Å². The van der Waals surface area contributed by atoms with Crippen molar-refractivity contribution in [3.8, 4) is 23.0 Å². The van der Waals surface area contributed by atoms with Gasteiger partial charge in [-0.2, -0.15) is 0 Å². The van der Waals surface area contributed by atoms with E-state index in [4.69, 9.17) is 23.9 Å². The number of hydrogen-bond donors (Lipinski definition) is 0. The molecule has 6 nitrogen and oxygen atoms in total. The third-order valence-electron chi connectivity index (χ3n) is 5.38. The molecular weight excluding hydrogens is 440 g/mol. The van der Waals surface area contributed by atoms with Gasteiger partial charge in [0, 0.05) is 19.0 Å². The van der Waals surface area contributed by atoms with E-state index in [2.05, 4.69) is 22.8 Å². The number of nitrogens with zero attached hydrogens (tertiary/aromatic N) is 2. The van der Waals surface area contributed by atoms with Crippen LogP contribution in [0.25, 0.3) is 11.0 Å². The van der Waals surface area contributed by atoms with Crippen molar-refractivity contribution in [2.45, 2.75) is 19.4 Å². The van der Waals surface area contributed by atoms with Crippen LogP contribution in [0, 0.1) is 0 Å². The van der Waals surface area contributed by atoms with Gasteiger partial charge in [0.2, 0.25) is 0 Å². The summed E-state index contributed by atoms with van der Waals surface area (Å²) >= 11 is 0. The fourth-order valence-electron chi connectivity index (χ4n) is 3.79. The molecule has 0 aliphatic rings. The summed E-state index contributed by atoms with van der Waals surface area (Å²) < 4.78 is 24.3. The Labute approximate surface area is 200 Å². The molecule has 0 unspecified atom stereocenters. The molecule has 1 aromatic heterocycles. The zero-order valence-corrected chi connectivity index (χ0v) is 19.9. The van der Waals surface area contributed by atoms with Crippen molar-refractivity contribution in [2.75, 3.05) is 27.9 Å². The SMILES string of the molecule is COc1cccc(OCCCn2c(Cc3ccc(OC)c(OC)c3)nc3ccccc32)c1.Cl. The third kappa shape index (κ3) is 5.71. The Morgan fingerprint density at radius 2 is 1.58 bits per heavy atom. The second-order valence-corrected chi connectivity index (χ2v) is 7.42. The van der Waals surface area contributed by atoms with Crippen molar-refractivity contribution < 1.29 is 18.9 Å². The van der Waals surface area contributed by atoms with Crippen LogP contribution < -0.4 is 18.9 Å². The minimum absolute atomic E-state index is 0. The lowest BCUT2D eigenvalue weighted by atomic mass is 10.1. The van der Waals surface area contributed by atoms with E-state index in [0.717, 1.165) is 58.4 Å². The zero-order valence-electron chi connectivity index (χ0n) is 19.1. The van der Waals surface area contributed by atoms with Crippen molar-refractivity contribution >= 4 is 23.4 Å². The summed E-state index contributed by atoms with van der Waals surface area (Å²) in [4.78, 5) is 4.90. The number of benzene rings is 3. The Kier molecular flexibility index (Phi) is 8.44. The molecule has 0 aliphatic heterocycles. The van der Waals surface area contributed by atoms with Gasteiger partial charge in [0.1, 0.15) is 17.3 Å². The molecule has 0 radical (unpaired) electrons. The van der Waals surface area contributed by atoms with Crippen LogP contribution in [0.3, 0.4) is 0 Å². The molecule has 4 aromatic rings. The van der Waals surface area contributed by atoms with E-state index in [1.807, 2.05) is 48.5 Å². The highest BCUT2D eigenvalue weighted by molar-refractivity contribution is 5.85. The fraction of sp³-hybridized carbons (Fsp3) is 0.269. The van der Waals surface area contributed by atoms with Gasteiger partial charge in [0.05, 0.1) is 39.0 Å². The quantitative estimate of drug-likeness (QED) is 0.286. The summed E-state index contributed by atoms with van der Waals surface area (Å²) in [6.07, 6.45) is 1.56. The van der Waals surface area contributed by atoms with Gasteiger partial charge in [-0.05, 0) is 48.4 Å². The Morgan fingerprint density at radius 3 is 2.36 bits per heavy atom. The molecule has 0 bridgehead atoms. The second kappa shape index (κ2) is 11.5. The summed E-state index contributed by atoms with van der Waals surface area (Å²) in [6, 6.07) is 21.9. The first-order valence-corrected chi connectivity index (χ1v) is 10.6. The molecule has 0 saturated heterocycles. The van der Waals surface area contributed by atoms with E-state index in [-0.39, 0.29) is 12.4 Å². The molecule has 0 saturated carbocycles. The highest BCUT2D eigenvalue weighted by Crippen LogP contribution is 2.29. The van der Waals surface area contributed by atoms with Gasteiger partial charge in [-0.25, -0.2) is 4.98 Å². The minimum Gasteiger partial charge on any atom is -0.497 e. The smallest absolute Gasteiger partial charge is 0.161 e. The number of rotatable bonds is 10. The molecule has 33 heavy (non-hydrogen) atoms. The van der Waals surface area contributed by atoms with E-state index in [1.54, 1.807) is 21.3 Å². The monoisotopic (exact) mass is 468 g/mol. The van der Waals surface area contributed by atoms with Crippen LogP contribution in [0.1, 0.15) is 17.8 Å². The van der Waals surface area contributed by atoms with E-state index in [0.29, 0.717) is 13.0 Å². The summed E-state index contributed by atoms with van der Waals surface area (Å²) in [5.41, 5.74) is 3.24. The Balaban J connectivity index is 0.00000306. The molecule has 0 N–H and O–H groups in total. The zero-order chi connectivity index (χ0) is 22.3. The van der Waals surface area contributed by atoms with Gasteiger partial charge in [-0.15, -0.1) is 12.4 Å². The molecule has 0 atom stereocenters. The van der Waals surface area contributed by atoms with Crippen molar-refractivity contribution in [1.82, 2.24) is 9.55 Å². The lowest BCUT2D eigenvalue weighted by molar-refractivity contribution is 0.299. The molecule has 1 heterocycles. The van der Waals surface area contributed by atoms with Crippen molar-refractivity contribution in [3.63, 3.8) is 0 Å². The molecule has 3 aromatic carbocycles.